The van der Waals surface area contributed by atoms with Crippen LogP contribution in [0.3, 0.4) is 0 Å². The van der Waals surface area contributed by atoms with Gasteiger partial charge in [0.25, 0.3) is 5.69 Å². The number of nitrogens with zero attached hydrogens (tertiary/aromatic N) is 1. The molecule has 0 aromatic heterocycles. The molecule has 0 aliphatic rings. The topological polar surface area (TPSA) is 147 Å². The van der Waals surface area contributed by atoms with Crippen LogP contribution >= 0.6 is 0 Å². The van der Waals surface area contributed by atoms with Gasteiger partial charge in [-0.1, -0.05) is 0 Å². The highest BCUT2D eigenvalue weighted by Crippen LogP contribution is 2.26. The third-order valence-electron chi connectivity index (χ3n) is 2.31. The molecule has 1 aromatic rings. The van der Waals surface area contributed by atoms with E-state index >= 15 is 0 Å². The smallest absolute Gasteiger partial charge is 0.321 e. The number of carbonyl (C=O) groups is 2. The lowest BCUT2D eigenvalue weighted by molar-refractivity contribution is -0.387. The van der Waals surface area contributed by atoms with Crippen LogP contribution in [0.5, 0.6) is 0 Å². The van der Waals surface area contributed by atoms with Crippen molar-refractivity contribution >= 4 is 27.4 Å². The van der Waals surface area contributed by atoms with Gasteiger partial charge >= 0.3 is 5.97 Å². The quantitative estimate of drug-likeness (QED) is 0.443. The number of primary amides is 1. The number of methoxy groups -OCH3 is 1. The number of sulfone groups is 1. The fourth-order valence-corrected chi connectivity index (χ4v) is 2.68. The van der Waals surface area contributed by atoms with Crippen molar-refractivity contribution in [3.63, 3.8) is 0 Å². The van der Waals surface area contributed by atoms with Crippen LogP contribution in [0.4, 0.5) is 5.69 Å². The zero-order valence-corrected chi connectivity index (χ0v) is 11.0. The number of hydrogen-bond acceptors (Lipinski definition) is 7. The van der Waals surface area contributed by atoms with Crippen LogP contribution in [0.1, 0.15) is 10.4 Å². The number of nitro benzene ring substituents is 1. The van der Waals surface area contributed by atoms with Crippen LogP contribution in [0.25, 0.3) is 0 Å². The SMILES string of the molecule is COC(=O)CS(=O)(=O)c1ccc(C(N)=O)cc1[N+](=O)[O-]. The van der Waals surface area contributed by atoms with Crippen molar-refractivity contribution in [2.45, 2.75) is 4.90 Å². The number of nitro groups is 1. The largest absolute Gasteiger partial charge is 0.468 e. The van der Waals surface area contributed by atoms with Gasteiger partial charge in [0.15, 0.2) is 15.6 Å². The van der Waals surface area contributed by atoms with E-state index in [1.54, 1.807) is 0 Å². The van der Waals surface area contributed by atoms with E-state index in [-0.39, 0.29) is 5.56 Å². The lowest BCUT2D eigenvalue weighted by Gasteiger charge is -2.05. The maximum Gasteiger partial charge on any atom is 0.321 e. The van der Waals surface area contributed by atoms with Gasteiger partial charge in [0, 0.05) is 11.6 Å². The molecule has 1 amide bonds. The van der Waals surface area contributed by atoms with Gasteiger partial charge in [-0.05, 0) is 12.1 Å². The van der Waals surface area contributed by atoms with Gasteiger partial charge < -0.3 is 10.5 Å². The molecule has 1 rings (SSSR count). The molecule has 0 aliphatic heterocycles. The highest BCUT2D eigenvalue weighted by Gasteiger charge is 2.29. The van der Waals surface area contributed by atoms with E-state index in [2.05, 4.69) is 4.74 Å². The normalized spacial score (nSPS) is 10.8. The Hall–Kier alpha value is -2.49. The first-order valence-corrected chi connectivity index (χ1v) is 6.72. The Labute approximate surface area is 113 Å². The van der Waals surface area contributed by atoms with Crippen molar-refractivity contribution in [2.75, 3.05) is 12.9 Å². The van der Waals surface area contributed by atoms with E-state index in [1.165, 1.54) is 0 Å². The zero-order valence-electron chi connectivity index (χ0n) is 10.2. The van der Waals surface area contributed by atoms with Gasteiger partial charge in [0.05, 0.1) is 12.0 Å². The summed E-state index contributed by atoms with van der Waals surface area (Å²) in [6.45, 7) is 0. The van der Waals surface area contributed by atoms with Crippen LogP contribution in [-0.4, -0.2) is 38.1 Å². The summed E-state index contributed by atoms with van der Waals surface area (Å²) < 4.78 is 28.0. The number of nitrogens with two attached hydrogens (primary N) is 1. The highest BCUT2D eigenvalue weighted by molar-refractivity contribution is 7.92. The van der Waals surface area contributed by atoms with Crippen molar-refractivity contribution in [3.8, 4) is 0 Å². The molecule has 0 heterocycles. The van der Waals surface area contributed by atoms with Gasteiger partial charge in [-0.25, -0.2) is 8.42 Å². The zero-order chi connectivity index (χ0) is 15.5. The average molecular weight is 302 g/mol. The molecular weight excluding hydrogens is 292 g/mol. The molecule has 20 heavy (non-hydrogen) atoms. The Morgan fingerprint density at radius 3 is 2.45 bits per heavy atom. The molecule has 0 bridgehead atoms. The maximum atomic E-state index is 11.9. The molecule has 0 spiro atoms. The molecule has 9 nitrogen and oxygen atoms in total. The molecule has 0 atom stereocenters. The Morgan fingerprint density at radius 1 is 1.40 bits per heavy atom. The van der Waals surface area contributed by atoms with Gasteiger partial charge in [-0.3, -0.25) is 19.7 Å². The van der Waals surface area contributed by atoms with Gasteiger partial charge in [-0.2, -0.15) is 0 Å². The Kier molecular flexibility index (Phi) is 4.40. The van der Waals surface area contributed by atoms with E-state index in [0.717, 1.165) is 25.3 Å². The Morgan fingerprint density at radius 2 is 2.00 bits per heavy atom. The number of hydrogen-bond donors (Lipinski definition) is 1. The molecule has 0 aliphatic carbocycles. The average Bonchev–Trinajstić information content (AvgIpc) is 2.37. The molecule has 2 N–H and O–H groups in total. The Balaban J connectivity index is 3.41. The van der Waals surface area contributed by atoms with Gasteiger partial charge in [0.1, 0.15) is 4.90 Å². The predicted molar refractivity (Wildman–Crippen MR) is 65.7 cm³/mol. The van der Waals surface area contributed by atoms with Crippen molar-refractivity contribution in [1.82, 2.24) is 0 Å². The molecule has 1 aromatic carbocycles. The number of esters is 1. The first-order valence-electron chi connectivity index (χ1n) is 5.07. The van der Waals surface area contributed by atoms with Crippen LogP contribution < -0.4 is 5.73 Å². The molecule has 10 heteroatoms. The minimum absolute atomic E-state index is 0.214. The third-order valence-corrected chi connectivity index (χ3v) is 3.94. The van der Waals surface area contributed by atoms with Crippen LogP contribution in [-0.2, 0) is 19.4 Å². The van der Waals surface area contributed by atoms with Gasteiger partial charge in [-0.15, -0.1) is 0 Å². The molecule has 0 saturated heterocycles. The summed E-state index contributed by atoms with van der Waals surface area (Å²) in [4.78, 5) is 31.2. The summed E-state index contributed by atoms with van der Waals surface area (Å²) in [6, 6.07) is 2.63. The van der Waals surface area contributed by atoms with Crippen LogP contribution in [0.2, 0.25) is 0 Å². The van der Waals surface area contributed by atoms with Crippen molar-refractivity contribution in [1.29, 1.82) is 0 Å². The molecule has 0 radical (unpaired) electrons. The third kappa shape index (κ3) is 3.29. The first-order chi connectivity index (χ1) is 9.19. The molecule has 108 valence electrons. The molecule has 0 saturated carbocycles. The van der Waals surface area contributed by atoms with E-state index in [1.807, 2.05) is 0 Å². The highest BCUT2D eigenvalue weighted by atomic mass is 32.2. The summed E-state index contributed by atoms with van der Waals surface area (Å²) >= 11 is 0. The molecule has 0 unspecified atom stereocenters. The lowest BCUT2D eigenvalue weighted by Crippen LogP contribution is -2.19. The van der Waals surface area contributed by atoms with E-state index in [9.17, 15) is 28.1 Å². The van der Waals surface area contributed by atoms with Crippen LogP contribution in [0, 0.1) is 10.1 Å². The van der Waals surface area contributed by atoms with Crippen molar-refractivity contribution in [2.24, 2.45) is 5.73 Å². The minimum Gasteiger partial charge on any atom is -0.468 e. The Bertz CT molecular complexity index is 681. The van der Waals surface area contributed by atoms with Gasteiger partial charge in [0.2, 0.25) is 5.91 Å². The second-order valence-corrected chi connectivity index (χ2v) is 5.60. The minimum atomic E-state index is -4.26. The summed E-state index contributed by atoms with van der Waals surface area (Å²) in [5.74, 6) is -3.04. The fraction of sp³-hybridized carbons (Fsp3) is 0.200. The molecular formula is C10H10N2O7S. The predicted octanol–water partition coefficient (Wildman–Crippen LogP) is -0.360. The summed E-state index contributed by atoms with van der Waals surface area (Å²) in [5.41, 5.74) is 3.92. The number of carbonyl (C=O) groups excluding carboxylic acids is 2. The first kappa shape index (κ1) is 15.6. The second kappa shape index (κ2) is 5.65. The fourth-order valence-electron chi connectivity index (χ4n) is 1.37. The maximum absolute atomic E-state index is 11.9. The summed E-state index contributed by atoms with van der Waals surface area (Å²) in [6.07, 6.45) is 0. The second-order valence-electron chi connectivity index (χ2n) is 3.64. The van der Waals surface area contributed by atoms with E-state index in [0.29, 0.717) is 0 Å². The lowest BCUT2D eigenvalue weighted by atomic mass is 10.2. The van der Waals surface area contributed by atoms with Crippen LogP contribution in [0.15, 0.2) is 23.1 Å². The summed E-state index contributed by atoms with van der Waals surface area (Å²) in [7, 11) is -3.27. The van der Waals surface area contributed by atoms with Crippen molar-refractivity contribution < 1.29 is 27.7 Å². The number of amides is 1. The number of ether oxygens (including phenoxy) is 1. The summed E-state index contributed by atoms with van der Waals surface area (Å²) in [5, 5.41) is 10.9. The van der Waals surface area contributed by atoms with Crippen molar-refractivity contribution in [3.05, 3.63) is 33.9 Å². The number of benzene rings is 1. The van der Waals surface area contributed by atoms with E-state index in [4.69, 9.17) is 5.73 Å². The molecule has 0 fully saturated rings. The van der Waals surface area contributed by atoms with E-state index < -0.39 is 43.0 Å². The number of rotatable bonds is 5. The monoisotopic (exact) mass is 302 g/mol. The standard InChI is InChI=1S/C10H10N2O7S/c1-19-9(13)5-20(17,18)8-3-2-6(10(11)14)4-7(8)12(15)16/h2-4H,5H2,1H3,(H2,11,14).